The molecule has 0 saturated carbocycles. The molecule has 20 heavy (non-hydrogen) atoms. The smallest absolute Gasteiger partial charge is 0.156 e. The first-order valence-electron chi connectivity index (χ1n) is 6.42. The molecule has 1 unspecified atom stereocenters. The predicted molar refractivity (Wildman–Crippen MR) is 81.7 cm³/mol. The third kappa shape index (κ3) is 5.85. The lowest BCUT2D eigenvalue weighted by Crippen LogP contribution is -2.38. The maximum atomic E-state index is 9.83. The zero-order chi connectivity index (χ0) is 15.2. The molecule has 0 radical (unpaired) electrons. The van der Waals surface area contributed by atoms with E-state index in [1.165, 1.54) is 0 Å². The van der Waals surface area contributed by atoms with Crippen molar-refractivity contribution in [2.75, 3.05) is 26.3 Å². The topological polar surface area (TPSA) is 61.7 Å². The summed E-state index contributed by atoms with van der Waals surface area (Å²) in [6.45, 7) is 5.02. The van der Waals surface area contributed by atoms with E-state index in [1.54, 1.807) is 18.2 Å². The van der Waals surface area contributed by atoms with Crippen molar-refractivity contribution in [3.05, 3.63) is 28.2 Å². The summed E-state index contributed by atoms with van der Waals surface area (Å²) in [7, 11) is 0. The van der Waals surface area contributed by atoms with Gasteiger partial charge in [0.05, 0.1) is 10.0 Å². The van der Waals surface area contributed by atoms with Crippen molar-refractivity contribution in [1.82, 2.24) is 5.32 Å². The second-order valence-electron chi connectivity index (χ2n) is 5.47. The normalized spacial score (nSPS) is 13.3. The minimum absolute atomic E-state index is 0.0851. The van der Waals surface area contributed by atoms with Crippen molar-refractivity contribution in [2.24, 2.45) is 5.41 Å². The maximum Gasteiger partial charge on any atom is 0.156 e. The number of benzene rings is 1. The molecule has 3 N–H and O–H groups in total. The molecule has 1 rings (SSSR count). The molecule has 0 aromatic heterocycles. The maximum absolute atomic E-state index is 9.83. The van der Waals surface area contributed by atoms with E-state index < -0.39 is 6.10 Å². The van der Waals surface area contributed by atoms with E-state index in [2.05, 4.69) is 5.32 Å². The van der Waals surface area contributed by atoms with E-state index >= 15 is 0 Å². The average Bonchev–Trinajstić information content (AvgIpc) is 2.38. The Bertz CT molecular complexity index is 407. The first-order valence-corrected chi connectivity index (χ1v) is 7.18. The number of ether oxygens (including phenoxy) is 1. The number of hydrogen-bond donors (Lipinski definition) is 3. The van der Waals surface area contributed by atoms with Crippen LogP contribution < -0.4 is 10.1 Å². The van der Waals surface area contributed by atoms with Crippen LogP contribution in [0.3, 0.4) is 0 Å². The minimum atomic E-state index is -0.683. The van der Waals surface area contributed by atoms with Crippen molar-refractivity contribution in [3.8, 4) is 5.75 Å². The van der Waals surface area contributed by atoms with Gasteiger partial charge in [-0.25, -0.2) is 0 Å². The van der Waals surface area contributed by atoms with Gasteiger partial charge in [0.2, 0.25) is 0 Å². The largest absolute Gasteiger partial charge is 0.488 e. The van der Waals surface area contributed by atoms with Gasteiger partial charge in [0, 0.05) is 25.1 Å². The van der Waals surface area contributed by atoms with Crippen LogP contribution in [0, 0.1) is 5.41 Å². The first-order chi connectivity index (χ1) is 9.35. The molecule has 0 saturated heterocycles. The Labute approximate surface area is 129 Å². The van der Waals surface area contributed by atoms with Gasteiger partial charge in [0.1, 0.15) is 12.7 Å². The van der Waals surface area contributed by atoms with Crippen molar-refractivity contribution in [1.29, 1.82) is 0 Å². The minimum Gasteiger partial charge on any atom is -0.488 e. The lowest BCUT2D eigenvalue weighted by Gasteiger charge is -2.23. The first kappa shape index (κ1) is 17.5. The van der Waals surface area contributed by atoms with Crippen LogP contribution in [0.5, 0.6) is 5.75 Å². The second kappa shape index (κ2) is 8.05. The molecule has 1 aromatic rings. The Balaban J connectivity index is 2.35. The average molecular weight is 322 g/mol. The van der Waals surface area contributed by atoms with Crippen LogP contribution >= 0.6 is 23.2 Å². The van der Waals surface area contributed by atoms with Gasteiger partial charge in [0.15, 0.2) is 5.75 Å². The van der Waals surface area contributed by atoms with Crippen LogP contribution in [0.25, 0.3) is 0 Å². The van der Waals surface area contributed by atoms with Gasteiger partial charge >= 0.3 is 0 Å². The fraction of sp³-hybridized carbons (Fsp3) is 0.571. The van der Waals surface area contributed by atoms with Crippen LogP contribution in [0.1, 0.15) is 13.8 Å². The summed E-state index contributed by atoms with van der Waals surface area (Å²) < 4.78 is 5.44. The molecule has 0 aliphatic rings. The molecule has 0 fully saturated rings. The van der Waals surface area contributed by atoms with Crippen molar-refractivity contribution >= 4 is 23.2 Å². The van der Waals surface area contributed by atoms with Gasteiger partial charge in [-0.2, -0.15) is 0 Å². The number of aliphatic hydroxyl groups excluding tert-OH is 2. The summed E-state index contributed by atoms with van der Waals surface area (Å²) >= 11 is 11.9. The third-order valence-corrected chi connectivity index (χ3v) is 3.35. The van der Waals surface area contributed by atoms with Crippen molar-refractivity contribution < 1.29 is 14.9 Å². The molecule has 0 aliphatic carbocycles. The molecule has 1 atom stereocenters. The molecule has 0 heterocycles. The van der Waals surface area contributed by atoms with E-state index in [9.17, 15) is 5.11 Å². The fourth-order valence-electron chi connectivity index (χ4n) is 1.49. The summed E-state index contributed by atoms with van der Waals surface area (Å²) in [6, 6.07) is 5.08. The number of rotatable bonds is 8. The summed E-state index contributed by atoms with van der Waals surface area (Å²) in [5.74, 6) is 0.380. The third-order valence-electron chi connectivity index (χ3n) is 2.75. The van der Waals surface area contributed by atoms with Crippen LogP contribution in [0.15, 0.2) is 18.2 Å². The SMILES string of the molecule is CC(C)(CO)CNCC(O)COc1c(Cl)cccc1Cl. The second-order valence-corrected chi connectivity index (χ2v) is 6.28. The van der Waals surface area contributed by atoms with Gasteiger partial charge in [-0.05, 0) is 12.1 Å². The zero-order valence-electron chi connectivity index (χ0n) is 11.7. The van der Waals surface area contributed by atoms with E-state index in [0.717, 1.165) is 0 Å². The molecule has 6 heteroatoms. The summed E-state index contributed by atoms with van der Waals surface area (Å²) in [4.78, 5) is 0. The predicted octanol–water partition coefficient (Wildman–Crippen LogP) is 2.34. The Morgan fingerprint density at radius 3 is 2.45 bits per heavy atom. The Morgan fingerprint density at radius 2 is 1.90 bits per heavy atom. The lowest BCUT2D eigenvalue weighted by molar-refractivity contribution is 0.0981. The standard InChI is InChI=1S/C14H21Cl2NO3/c1-14(2,9-18)8-17-6-10(19)7-20-13-11(15)4-3-5-12(13)16/h3-5,10,17-19H,6-9H2,1-2H3. The summed E-state index contributed by atoms with van der Waals surface area (Å²) in [5, 5.41) is 22.9. The Hall–Kier alpha value is -0.520. The Kier molecular flexibility index (Phi) is 7.06. The van der Waals surface area contributed by atoms with Crippen LogP contribution in [-0.2, 0) is 0 Å². The van der Waals surface area contributed by atoms with E-state index in [0.29, 0.717) is 28.9 Å². The molecule has 0 amide bonds. The van der Waals surface area contributed by atoms with E-state index in [-0.39, 0.29) is 18.6 Å². The molecule has 114 valence electrons. The van der Waals surface area contributed by atoms with Gasteiger partial charge in [-0.3, -0.25) is 0 Å². The summed E-state index contributed by atoms with van der Waals surface area (Å²) in [6.07, 6.45) is -0.683. The number of halogens is 2. The molecule has 0 aliphatic heterocycles. The van der Waals surface area contributed by atoms with Gasteiger partial charge in [0.25, 0.3) is 0 Å². The van der Waals surface area contributed by atoms with Crippen LogP contribution in [0.4, 0.5) is 0 Å². The van der Waals surface area contributed by atoms with Crippen molar-refractivity contribution in [3.63, 3.8) is 0 Å². The Morgan fingerprint density at radius 1 is 1.30 bits per heavy atom. The van der Waals surface area contributed by atoms with Gasteiger partial charge in [-0.1, -0.05) is 43.1 Å². The van der Waals surface area contributed by atoms with E-state index in [1.807, 2.05) is 13.8 Å². The number of nitrogens with one attached hydrogen (secondary N) is 1. The number of aliphatic hydroxyl groups is 2. The fourth-order valence-corrected chi connectivity index (χ4v) is 2.00. The quantitative estimate of drug-likeness (QED) is 0.687. The monoisotopic (exact) mass is 321 g/mol. The molecule has 4 nitrogen and oxygen atoms in total. The van der Waals surface area contributed by atoms with Gasteiger partial charge in [-0.15, -0.1) is 0 Å². The van der Waals surface area contributed by atoms with E-state index in [4.69, 9.17) is 33.0 Å². The highest BCUT2D eigenvalue weighted by Crippen LogP contribution is 2.32. The highest BCUT2D eigenvalue weighted by atomic mass is 35.5. The molecular formula is C14H21Cl2NO3. The van der Waals surface area contributed by atoms with Crippen LogP contribution in [0.2, 0.25) is 10.0 Å². The zero-order valence-corrected chi connectivity index (χ0v) is 13.2. The van der Waals surface area contributed by atoms with Crippen LogP contribution in [-0.4, -0.2) is 42.6 Å². The molecule has 0 spiro atoms. The molecule has 0 bridgehead atoms. The molecular weight excluding hydrogens is 301 g/mol. The number of para-hydroxylation sites is 1. The highest BCUT2D eigenvalue weighted by Gasteiger charge is 2.17. The number of hydrogen-bond acceptors (Lipinski definition) is 4. The van der Waals surface area contributed by atoms with Gasteiger partial charge < -0.3 is 20.3 Å². The molecule has 1 aromatic carbocycles. The highest BCUT2D eigenvalue weighted by molar-refractivity contribution is 6.37. The summed E-state index contributed by atoms with van der Waals surface area (Å²) in [5.41, 5.74) is -0.216. The van der Waals surface area contributed by atoms with Crippen molar-refractivity contribution in [2.45, 2.75) is 20.0 Å². The lowest BCUT2D eigenvalue weighted by atomic mass is 9.95.